The molecule has 1 heterocycles. The number of nitrogens with two attached hydrogens (primary N) is 1. The van der Waals surface area contributed by atoms with E-state index in [4.69, 9.17) is 5.73 Å². The van der Waals surface area contributed by atoms with Crippen LogP contribution < -0.4 is 11.1 Å². The van der Waals surface area contributed by atoms with E-state index in [1.54, 1.807) is 0 Å². The lowest BCUT2D eigenvalue weighted by atomic mass is 9.94. The van der Waals surface area contributed by atoms with Gasteiger partial charge in [0.05, 0.1) is 5.92 Å². The van der Waals surface area contributed by atoms with Gasteiger partial charge in [0.25, 0.3) is 0 Å². The van der Waals surface area contributed by atoms with Crippen molar-refractivity contribution in [3.63, 3.8) is 0 Å². The van der Waals surface area contributed by atoms with Gasteiger partial charge in [0.15, 0.2) is 0 Å². The van der Waals surface area contributed by atoms with E-state index in [0.717, 1.165) is 25.8 Å². The van der Waals surface area contributed by atoms with Crippen LogP contribution in [0.4, 0.5) is 0 Å². The van der Waals surface area contributed by atoms with E-state index in [2.05, 4.69) is 5.32 Å². The second-order valence-corrected chi connectivity index (χ2v) is 7.78. The van der Waals surface area contributed by atoms with Crippen LogP contribution in [0, 0.1) is 5.92 Å². The summed E-state index contributed by atoms with van der Waals surface area (Å²) in [4.78, 5) is 12.2. The minimum Gasteiger partial charge on any atom is -0.355 e. The third-order valence-electron chi connectivity index (χ3n) is 3.80. The molecular weight excluding hydrogens is 264 g/mol. The Kier molecular flexibility index (Phi) is 6.18. The quantitative estimate of drug-likeness (QED) is 0.778. The number of carbonyl (C=O) groups excluding carboxylic acids is 1. The normalized spacial score (nSPS) is 33.7. The third-order valence-corrected chi connectivity index (χ3v) is 6.64. The Morgan fingerprint density at radius 3 is 2.83 bits per heavy atom. The number of thioether (sulfide) groups is 2. The number of hydrogen-bond acceptors (Lipinski definition) is 4. The van der Waals surface area contributed by atoms with Crippen LogP contribution in [-0.4, -0.2) is 41.0 Å². The lowest BCUT2D eigenvalue weighted by molar-refractivity contribution is -0.125. The van der Waals surface area contributed by atoms with Gasteiger partial charge in [0, 0.05) is 35.1 Å². The SMILES string of the molecule is NC1CCCCCC1C(=O)NCC1CSCCS1. The van der Waals surface area contributed by atoms with Crippen LogP contribution in [0.25, 0.3) is 0 Å². The van der Waals surface area contributed by atoms with Crippen molar-refractivity contribution in [3.05, 3.63) is 0 Å². The highest BCUT2D eigenvalue weighted by molar-refractivity contribution is 8.06. The topological polar surface area (TPSA) is 55.1 Å². The Labute approximate surface area is 118 Å². The first-order chi connectivity index (χ1) is 8.77. The molecule has 1 amide bonds. The van der Waals surface area contributed by atoms with E-state index in [-0.39, 0.29) is 17.9 Å². The van der Waals surface area contributed by atoms with Crippen molar-refractivity contribution in [2.45, 2.75) is 43.4 Å². The smallest absolute Gasteiger partial charge is 0.224 e. The fraction of sp³-hybridized carbons (Fsp3) is 0.923. The monoisotopic (exact) mass is 288 g/mol. The van der Waals surface area contributed by atoms with Crippen LogP contribution in [0.2, 0.25) is 0 Å². The van der Waals surface area contributed by atoms with Gasteiger partial charge in [-0.05, 0) is 12.8 Å². The lowest BCUT2D eigenvalue weighted by Crippen LogP contribution is -2.43. The van der Waals surface area contributed by atoms with Gasteiger partial charge in [-0.15, -0.1) is 0 Å². The molecule has 1 saturated heterocycles. The van der Waals surface area contributed by atoms with Crippen LogP contribution in [0.5, 0.6) is 0 Å². The molecule has 2 fully saturated rings. The van der Waals surface area contributed by atoms with Crippen molar-refractivity contribution in [3.8, 4) is 0 Å². The van der Waals surface area contributed by atoms with Gasteiger partial charge >= 0.3 is 0 Å². The molecule has 2 aliphatic rings. The molecule has 0 aromatic rings. The predicted molar refractivity (Wildman–Crippen MR) is 81.1 cm³/mol. The number of amides is 1. The molecule has 104 valence electrons. The average molecular weight is 288 g/mol. The highest BCUT2D eigenvalue weighted by atomic mass is 32.2. The summed E-state index contributed by atoms with van der Waals surface area (Å²) >= 11 is 3.99. The largest absolute Gasteiger partial charge is 0.355 e. The van der Waals surface area contributed by atoms with Crippen LogP contribution in [0.15, 0.2) is 0 Å². The molecule has 5 heteroatoms. The van der Waals surface area contributed by atoms with Crippen molar-refractivity contribution in [1.29, 1.82) is 0 Å². The summed E-state index contributed by atoms with van der Waals surface area (Å²) in [6, 6.07) is 0.0703. The molecule has 18 heavy (non-hydrogen) atoms. The van der Waals surface area contributed by atoms with E-state index >= 15 is 0 Å². The standard InChI is InChI=1S/C13H24N2OS2/c14-12-5-3-1-2-4-11(12)13(16)15-8-10-9-17-6-7-18-10/h10-12H,1-9,14H2,(H,15,16). The summed E-state index contributed by atoms with van der Waals surface area (Å²) in [6.07, 6.45) is 5.54. The summed E-state index contributed by atoms with van der Waals surface area (Å²) in [5, 5.41) is 3.72. The molecule has 2 rings (SSSR count). The maximum atomic E-state index is 12.2. The van der Waals surface area contributed by atoms with E-state index < -0.39 is 0 Å². The molecule has 3 nitrogen and oxygen atoms in total. The zero-order chi connectivity index (χ0) is 12.8. The Morgan fingerprint density at radius 1 is 1.22 bits per heavy atom. The van der Waals surface area contributed by atoms with Crippen molar-refractivity contribution in [2.75, 3.05) is 23.8 Å². The molecule has 1 aliphatic heterocycles. The molecule has 1 saturated carbocycles. The maximum absolute atomic E-state index is 12.2. The zero-order valence-electron chi connectivity index (χ0n) is 10.9. The molecule has 0 bridgehead atoms. The number of nitrogens with one attached hydrogen (secondary N) is 1. The average Bonchev–Trinajstić information content (AvgIpc) is 2.62. The lowest BCUT2D eigenvalue weighted by Gasteiger charge is -2.24. The van der Waals surface area contributed by atoms with Gasteiger partial charge in [-0.25, -0.2) is 0 Å². The second kappa shape index (κ2) is 7.65. The van der Waals surface area contributed by atoms with Gasteiger partial charge in [0.1, 0.15) is 0 Å². The van der Waals surface area contributed by atoms with E-state index in [1.807, 2.05) is 23.5 Å². The molecule has 3 N–H and O–H groups in total. The van der Waals surface area contributed by atoms with Crippen molar-refractivity contribution in [1.82, 2.24) is 5.32 Å². The Hall–Kier alpha value is 0.130. The molecule has 3 atom stereocenters. The molecule has 0 radical (unpaired) electrons. The summed E-state index contributed by atoms with van der Waals surface area (Å²) in [6.45, 7) is 0.819. The number of carbonyl (C=O) groups is 1. The molecule has 3 unspecified atom stereocenters. The molecular formula is C13H24N2OS2. The van der Waals surface area contributed by atoms with E-state index in [0.29, 0.717) is 5.25 Å². The van der Waals surface area contributed by atoms with Gasteiger partial charge < -0.3 is 11.1 Å². The number of hydrogen-bond donors (Lipinski definition) is 2. The first kappa shape index (κ1) is 14.5. The Balaban J connectivity index is 1.75. The van der Waals surface area contributed by atoms with Crippen molar-refractivity contribution < 1.29 is 4.79 Å². The van der Waals surface area contributed by atoms with Crippen molar-refractivity contribution >= 4 is 29.4 Å². The first-order valence-electron chi connectivity index (χ1n) is 7.00. The molecule has 1 aliphatic carbocycles. The maximum Gasteiger partial charge on any atom is 0.224 e. The Bertz CT molecular complexity index is 270. The molecule has 0 aromatic heterocycles. The third kappa shape index (κ3) is 4.35. The zero-order valence-corrected chi connectivity index (χ0v) is 12.5. The second-order valence-electron chi connectivity index (χ2n) is 5.22. The Morgan fingerprint density at radius 2 is 2.06 bits per heavy atom. The van der Waals surface area contributed by atoms with Gasteiger partial charge in [0.2, 0.25) is 5.91 Å². The van der Waals surface area contributed by atoms with Crippen LogP contribution in [-0.2, 0) is 4.79 Å². The minimum atomic E-state index is 0.0498. The predicted octanol–water partition coefficient (Wildman–Crippen LogP) is 1.86. The first-order valence-corrected chi connectivity index (χ1v) is 9.20. The highest BCUT2D eigenvalue weighted by Crippen LogP contribution is 2.24. The van der Waals surface area contributed by atoms with E-state index in [1.165, 1.54) is 30.1 Å². The van der Waals surface area contributed by atoms with Gasteiger partial charge in [-0.2, -0.15) is 23.5 Å². The van der Waals surface area contributed by atoms with E-state index in [9.17, 15) is 4.79 Å². The minimum absolute atomic E-state index is 0.0498. The molecule has 0 aromatic carbocycles. The summed E-state index contributed by atoms with van der Waals surface area (Å²) < 4.78 is 0. The summed E-state index contributed by atoms with van der Waals surface area (Å²) in [5.74, 6) is 3.88. The number of rotatable bonds is 3. The summed E-state index contributed by atoms with van der Waals surface area (Å²) in [7, 11) is 0. The summed E-state index contributed by atoms with van der Waals surface area (Å²) in [5.41, 5.74) is 6.12. The van der Waals surface area contributed by atoms with Crippen molar-refractivity contribution in [2.24, 2.45) is 11.7 Å². The van der Waals surface area contributed by atoms with Gasteiger partial charge in [-0.3, -0.25) is 4.79 Å². The highest BCUT2D eigenvalue weighted by Gasteiger charge is 2.27. The fourth-order valence-electron chi connectivity index (χ4n) is 2.66. The van der Waals surface area contributed by atoms with Crippen LogP contribution >= 0.6 is 23.5 Å². The van der Waals surface area contributed by atoms with Crippen LogP contribution in [0.1, 0.15) is 32.1 Å². The fourth-order valence-corrected chi connectivity index (χ4v) is 5.27. The van der Waals surface area contributed by atoms with Gasteiger partial charge in [-0.1, -0.05) is 19.3 Å². The molecule has 0 spiro atoms. The van der Waals surface area contributed by atoms with Crippen LogP contribution in [0.3, 0.4) is 0 Å².